The van der Waals surface area contributed by atoms with Crippen molar-refractivity contribution in [2.45, 2.75) is 109 Å². The summed E-state index contributed by atoms with van der Waals surface area (Å²) in [6, 6.07) is -0.873. The molecule has 0 aliphatic rings. The summed E-state index contributed by atoms with van der Waals surface area (Å²) < 4.78 is 0. The Balaban J connectivity index is 3.28. The fourth-order valence-electron chi connectivity index (χ4n) is 2.93. The van der Waals surface area contributed by atoms with Crippen molar-refractivity contribution in [3.05, 3.63) is 0 Å². The third-order valence-corrected chi connectivity index (χ3v) is 4.94. The molecule has 5 heteroatoms. The van der Waals surface area contributed by atoms with E-state index in [0.29, 0.717) is 6.42 Å². The zero-order valence-corrected chi connectivity index (χ0v) is 17.0. The second-order valence-electron chi connectivity index (χ2n) is 6.99. The molecular formula is C20H39NO3S. The summed E-state index contributed by atoms with van der Waals surface area (Å²) in [7, 11) is 0. The lowest BCUT2D eigenvalue weighted by molar-refractivity contribution is -0.141. The molecule has 0 rings (SSSR count). The second-order valence-corrected chi connectivity index (χ2v) is 7.35. The van der Waals surface area contributed by atoms with E-state index in [2.05, 4.69) is 24.9 Å². The van der Waals surface area contributed by atoms with Crippen molar-refractivity contribution >= 4 is 24.5 Å². The molecule has 0 aromatic rings. The first-order valence-electron chi connectivity index (χ1n) is 10.2. The Morgan fingerprint density at radius 3 is 1.56 bits per heavy atom. The summed E-state index contributed by atoms with van der Waals surface area (Å²) in [5.74, 6) is -1.08. The SMILES string of the molecule is CCCCCCCCCCCCCCCCC(=O)N[C@@H](CS)C(=O)O. The van der Waals surface area contributed by atoms with Crippen LogP contribution in [0, 0.1) is 0 Å². The first-order valence-corrected chi connectivity index (χ1v) is 10.9. The summed E-state index contributed by atoms with van der Waals surface area (Å²) in [5, 5.41) is 11.4. The number of hydrogen-bond donors (Lipinski definition) is 3. The molecule has 0 aliphatic carbocycles. The van der Waals surface area contributed by atoms with E-state index in [1.54, 1.807) is 0 Å². The van der Waals surface area contributed by atoms with Crippen molar-refractivity contribution < 1.29 is 14.7 Å². The van der Waals surface area contributed by atoms with E-state index >= 15 is 0 Å². The molecule has 1 atom stereocenters. The molecule has 0 heterocycles. The number of aliphatic carboxylic acids is 1. The van der Waals surface area contributed by atoms with E-state index in [1.165, 1.54) is 77.0 Å². The minimum absolute atomic E-state index is 0.125. The Kier molecular flexibility index (Phi) is 17.6. The average Bonchev–Trinajstić information content (AvgIpc) is 2.59. The normalized spacial score (nSPS) is 12.1. The van der Waals surface area contributed by atoms with E-state index in [1.807, 2.05) is 0 Å². The van der Waals surface area contributed by atoms with E-state index in [4.69, 9.17) is 5.11 Å². The summed E-state index contributed by atoms with van der Waals surface area (Å²) in [6.45, 7) is 2.26. The van der Waals surface area contributed by atoms with Gasteiger partial charge in [0.2, 0.25) is 5.91 Å². The molecule has 1 amide bonds. The maximum Gasteiger partial charge on any atom is 0.327 e. The van der Waals surface area contributed by atoms with Crippen LogP contribution in [0.25, 0.3) is 0 Å². The van der Waals surface area contributed by atoms with Crippen LogP contribution in [0.2, 0.25) is 0 Å². The minimum atomic E-state index is -1.02. The number of unbranched alkanes of at least 4 members (excludes halogenated alkanes) is 13. The van der Waals surface area contributed by atoms with Crippen LogP contribution in [-0.4, -0.2) is 28.8 Å². The van der Waals surface area contributed by atoms with E-state index < -0.39 is 12.0 Å². The highest BCUT2D eigenvalue weighted by Gasteiger charge is 2.17. The van der Waals surface area contributed by atoms with Crippen molar-refractivity contribution in [2.24, 2.45) is 0 Å². The molecule has 0 unspecified atom stereocenters. The number of amides is 1. The van der Waals surface area contributed by atoms with Crippen LogP contribution >= 0.6 is 12.6 Å². The first kappa shape index (κ1) is 24.3. The standard InChI is InChI=1S/C20H39NO3S/c1-2-3-4-5-6-7-8-9-10-11-12-13-14-15-16-19(22)21-18(17-25)20(23)24/h18,25H,2-17H2,1H3,(H,21,22)(H,23,24)/t18-/m0/s1. The lowest BCUT2D eigenvalue weighted by atomic mass is 10.0. The number of thiol groups is 1. The van der Waals surface area contributed by atoms with E-state index in [0.717, 1.165) is 12.8 Å². The predicted octanol–water partition coefficient (Wildman–Crippen LogP) is 5.36. The molecule has 4 nitrogen and oxygen atoms in total. The molecule has 0 spiro atoms. The minimum Gasteiger partial charge on any atom is -0.480 e. The summed E-state index contributed by atoms with van der Waals surface area (Å²) in [4.78, 5) is 22.4. The molecule has 0 radical (unpaired) electrons. The highest BCUT2D eigenvalue weighted by molar-refractivity contribution is 7.80. The van der Waals surface area contributed by atoms with Crippen molar-refractivity contribution in [1.29, 1.82) is 0 Å². The number of carboxylic acid groups (broad SMARTS) is 1. The van der Waals surface area contributed by atoms with Crippen molar-refractivity contribution in [3.8, 4) is 0 Å². The number of carbonyl (C=O) groups is 2. The third kappa shape index (κ3) is 16.5. The quantitative estimate of drug-likeness (QED) is 0.224. The third-order valence-electron chi connectivity index (χ3n) is 4.57. The smallest absolute Gasteiger partial charge is 0.327 e. The zero-order valence-electron chi connectivity index (χ0n) is 16.1. The van der Waals surface area contributed by atoms with Gasteiger partial charge in [0.15, 0.2) is 0 Å². The highest BCUT2D eigenvalue weighted by Crippen LogP contribution is 2.13. The lowest BCUT2D eigenvalue weighted by Gasteiger charge is -2.11. The Morgan fingerprint density at radius 1 is 0.800 bits per heavy atom. The van der Waals surface area contributed by atoms with Crippen molar-refractivity contribution in [2.75, 3.05) is 5.75 Å². The fourth-order valence-corrected chi connectivity index (χ4v) is 3.18. The summed E-state index contributed by atoms with van der Waals surface area (Å²) in [6.07, 6.45) is 18.4. The van der Waals surface area contributed by atoms with Gasteiger partial charge in [-0.3, -0.25) is 4.79 Å². The van der Waals surface area contributed by atoms with Crippen LogP contribution in [0.4, 0.5) is 0 Å². The molecule has 0 aromatic carbocycles. The van der Waals surface area contributed by atoms with E-state index in [-0.39, 0.29) is 11.7 Å². The second kappa shape index (κ2) is 18.1. The monoisotopic (exact) mass is 373 g/mol. The Morgan fingerprint density at radius 2 is 1.20 bits per heavy atom. The van der Waals surface area contributed by atoms with Gasteiger partial charge < -0.3 is 10.4 Å². The van der Waals surface area contributed by atoms with Gasteiger partial charge in [-0.2, -0.15) is 12.6 Å². The average molecular weight is 374 g/mol. The molecular weight excluding hydrogens is 334 g/mol. The molecule has 0 saturated heterocycles. The Hall–Kier alpha value is -0.710. The van der Waals surface area contributed by atoms with Crippen LogP contribution in [-0.2, 0) is 9.59 Å². The van der Waals surface area contributed by atoms with Crippen LogP contribution in [0.15, 0.2) is 0 Å². The van der Waals surface area contributed by atoms with Gasteiger partial charge in [-0.25, -0.2) is 4.79 Å². The Labute approximate surface area is 159 Å². The van der Waals surface area contributed by atoms with Crippen LogP contribution in [0.3, 0.4) is 0 Å². The van der Waals surface area contributed by atoms with Crippen LogP contribution in [0.5, 0.6) is 0 Å². The van der Waals surface area contributed by atoms with Gasteiger partial charge in [0.05, 0.1) is 0 Å². The molecule has 25 heavy (non-hydrogen) atoms. The summed E-state index contributed by atoms with van der Waals surface area (Å²) >= 11 is 3.93. The number of hydrogen-bond acceptors (Lipinski definition) is 3. The van der Waals surface area contributed by atoms with Gasteiger partial charge in [-0.15, -0.1) is 0 Å². The fraction of sp³-hybridized carbons (Fsp3) is 0.900. The molecule has 0 aliphatic heterocycles. The number of nitrogens with one attached hydrogen (secondary N) is 1. The maximum atomic E-state index is 11.6. The van der Waals surface area contributed by atoms with Gasteiger partial charge in [0, 0.05) is 12.2 Å². The first-order chi connectivity index (χ1) is 12.1. The topological polar surface area (TPSA) is 66.4 Å². The maximum absolute atomic E-state index is 11.6. The van der Waals surface area contributed by atoms with Crippen LogP contribution in [0.1, 0.15) is 103 Å². The molecule has 0 saturated carbocycles. The van der Waals surface area contributed by atoms with E-state index in [9.17, 15) is 9.59 Å². The van der Waals surface area contributed by atoms with Gasteiger partial charge in [-0.05, 0) is 6.42 Å². The molecule has 2 N–H and O–H groups in total. The van der Waals surface area contributed by atoms with Gasteiger partial charge in [0.1, 0.15) is 6.04 Å². The predicted molar refractivity (Wildman–Crippen MR) is 108 cm³/mol. The zero-order chi connectivity index (χ0) is 18.8. The molecule has 0 fully saturated rings. The molecule has 148 valence electrons. The van der Waals surface area contributed by atoms with Gasteiger partial charge >= 0.3 is 5.97 Å². The number of rotatable bonds is 18. The molecule has 0 bridgehead atoms. The summed E-state index contributed by atoms with van der Waals surface area (Å²) in [5.41, 5.74) is 0. The van der Waals surface area contributed by atoms with Gasteiger partial charge in [0.25, 0.3) is 0 Å². The largest absolute Gasteiger partial charge is 0.480 e. The molecule has 0 aromatic heterocycles. The lowest BCUT2D eigenvalue weighted by Crippen LogP contribution is -2.42. The number of carbonyl (C=O) groups excluding carboxylic acids is 1. The Bertz CT molecular complexity index is 337. The number of carboxylic acids is 1. The van der Waals surface area contributed by atoms with Crippen LogP contribution < -0.4 is 5.32 Å². The van der Waals surface area contributed by atoms with Crippen molar-refractivity contribution in [1.82, 2.24) is 5.32 Å². The highest BCUT2D eigenvalue weighted by atomic mass is 32.1. The van der Waals surface area contributed by atoms with Crippen molar-refractivity contribution in [3.63, 3.8) is 0 Å². The van der Waals surface area contributed by atoms with Gasteiger partial charge in [-0.1, -0.05) is 90.4 Å².